The van der Waals surface area contributed by atoms with Crippen LogP contribution in [0.5, 0.6) is 0 Å². The Balaban J connectivity index is 1.79. The Morgan fingerprint density at radius 1 is 1.25 bits per heavy atom. The second-order valence-electron chi connectivity index (χ2n) is 4.83. The van der Waals surface area contributed by atoms with Crippen LogP contribution in [0.25, 0.3) is 0 Å². The average Bonchev–Trinajstić information content (AvgIpc) is 2.40. The number of likely N-dealkylation sites (N-methyl/N-ethyl adjacent to an activating group) is 1. The van der Waals surface area contributed by atoms with E-state index in [-0.39, 0.29) is 5.95 Å². The second kappa shape index (κ2) is 6.36. The van der Waals surface area contributed by atoms with Crippen LogP contribution in [0.1, 0.15) is 5.69 Å². The van der Waals surface area contributed by atoms with Gasteiger partial charge in [0.15, 0.2) is 0 Å². The summed E-state index contributed by atoms with van der Waals surface area (Å²) >= 11 is 0. The molecule has 112 valence electrons. The predicted molar refractivity (Wildman–Crippen MR) is 69.5 cm³/mol. The molecule has 1 N–H and O–H groups in total. The molecule has 0 saturated carbocycles. The van der Waals surface area contributed by atoms with Gasteiger partial charge in [0.2, 0.25) is 5.95 Å². The molecule has 1 saturated heterocycles. The molecule has 8 heteroatoms. The minimum atomic E-state index is -4.43. The molecule has 0 aliphatic carbocycles. The first-order valence-electron chi connectivity index (χ1n) is 6.50. The first-order chi connectivity index (χ1) is 9.45. The Kier molecular flexibility index (Phi) is 4.77. The minimum absolute atomic E-state index is 0.0222. The van der Waals surface area contributed by atoms with E-state index in [0.717, 1.165) is 45.0 Å². The van der Waals surface area contributed by atoms with Gasteiger partial charge in [0.05, 0.1) is 0 Å². The summed E-state index contributed by atoms with van der Waals surface area (Å²) < 4.78 is 37.5. The van der Waals surface area contributed by atoms with Crippen molar-refractivity contribution < 1.29 is 13.2 Å². The summed E-state index contributed by atoms with van der Waals surface area (Å²) in [5.74, 6) is 0.0222. The van der Waals surface area contributed by atoms with Gasteiger partial charge >= 0.3 is 6.18 Å². The zero-order valence-corrected chi connectivity index (χ0v) is 11.3. The lowest BCUT2D eigenvalue weighted by atomic mass is 10.3. The Bertz CT molecular complexity index is 429. The highest BCUT2D eigenvalue weighted by molar-refractivity contribution is 5.25. The molecular formula is C12H18F3N5. The van der Waals surface area contributed by atoms with Crippen LogP contribution in [0.2, 0.25) is 0 Å². The molecule has 0 amide bonds. The molecule has 1 aliphatic rings. The zero-order valence-electron chi connectivity index (χ0n) is 11.3. The molecule has 1 fully saturated rings. The number of nitrogens with zero attached hydrogens (tertiary/aromatic N) is 4. The molecular weight excluding hydrogens is 271 g/mol. The summed E-state index contributed by atoms with van der Waals surface area (Å²) in [4.78, 5) is 11.8. The Labute approximate surface area is 115 Å². The van der Waals surface area contributed by atoms with E-state index in [1.54, 1.807) is 0 Å². The van der Waals surface area contributed by atoms with E-state index in [0.29, 0.717) is 6.54 Å². The van der Waals surface area contributed by atoms with Gasteiger partial charge in [0.25, 0.3) is 0 Å². The van der Waals surface area contributed by atoms with E-state index in [2.05, 4.69) is 32.1 Å². The average molecular weight is 289 g/mol. The summed E-state index contributed by atoms with van der Waals surface area (Å²) in [5, 5.41) is 2.84. The largest absolute Gasteiger partial charge is 0.433 e. The van der Waals surface area contributed by atoms with Crippen LogP contribution in [0.3, 0.4) is 0 Å². The van der Waals surface area contributed by atoms with E-state index in [1.165, 1.54) is 0 Å². The molecule has 0 unspecified atom stereocenters. The van der Waals surface area contributed by atoms with Crippen LogP contribution >= 0.6 is 0 Å². The van der Waals surface area contributed by atoms with Crippen molar-refractivity contribution in [1.82, 2.24) is 19.8 Å². The maximum atomic E-state index is 12.5. The molecule has 1 aromatic rings. The lowest BCUT2D eigenvalue weighted by Gasteiger charge is -2.32. The Morgan fingerprint density at radius 3 is 2.60 bits per heavy atom. The van der Waals surface area contributed by atoms with Crippen molar-refractivity contribution in [2.24, 2.45) is 0 Å². The van der Waals surface area contributed by atoms with E-state index >= 15 is 0 Å². The van der Waals surface area contributed by atoms with Crippen molar-refractivity contribution in [3.8, 4) is 0 Å². The molecule has 0 atom stereocenters. The Hall–Kier alpha value is -1.41. The highest BCUT2D eigenvalue weighted by Gasteiger charge is 2.32. The van der Waals surface area contributed by atoms with Gasteiger partial charge in [-0.2, -0.15) is 13.2 Å². The quantitative estimate of drug-likeness (QED) is 0.901. The van der Waals surface area contributed by atoms with Crippen LogP contribution in [-0.2, 0) is 6.18 Å². The molecule has 20 heavy (non-hydrogen) atoms. The maximum Gasteiger partial charge on any atom is 0.433 e. The molecule has 2 heterocycles. The number of aromatic nitrogens is 2. The van der Waals surface area contributed by atoms with Gasteiger partial charge in [-0.05, 0) is 13.1 Å². The molecule has 0 spiro atoms. The van der Waals surface area contributed by atoms with Crippen molar-refractivity contribution >= 4 is 5.95 Å². The van der Waals surface area contributed by atoms with Gasteiger partial charge in [0, 0.05) is 45.5 Å². The van der Waals surface area contributed by atoms with Crippen molar-refractivity contribution in [2.45, 2.75) is 6.18 Å². The van der Waals surface area contributed by atoms with Gasteiger partial charge < -0.3 is 10.2 Å². The normalized spacial score (nSPS) is 18.2. The topological polar surface area (TPSA) is 44.3 Å². The number of rotatable bonds is 4. The molecule has 0 bridgehead atoms. The summed E-state index contributed by atoms with van der Waals surface area (Å²) in [6.07, 6.45) is -3.31. The molecule has 0 radical (unpaired) electrons. The lowest BCUT2D eigenvalue weighted by Crippen LogP contribution is -2.45. The number of hydrogen-bond donors (Lipinski definition) is 1. The number of piperazine rings is 1. The van der Waals surface area contributed by atoms with Crippen molar-refractivity contribution in [1.29, 1.82) is 0 Å². The fourth-order valence-electron chi connectivity index (χ4n) is 2.00. The van der Waals surface area contributed by atoms with Gasteiger partial charge in [-0.3, -0.25) is 4.90 Å². The van der Waals surface area contributed by atoms with E-state index in [1.807, 2.05) is 0 Å². The van der Waals surface area contributed by atoms with Gasteiger partial charge in [-0.15, -0.1) is 0 Å². The number of anilines is 1. The van der Waals surface area contributed by atoms with Crippen LogP contribution in [-0.4, -0.2) is 66.1 Å². The minimum Gasteiger partial charge on any atom is -0.353 e. The third-order valence-corrected chi connectivity index (χ3v) is 3.25. The van der Waals surface area contributed by atoms with Crippen molar-refractivity contribution in [3.63, 3.8) is 0 Å². The third kappa shape index (κ3) is 4.31. The van der Waals surface area contributed by atoms with E-state index in [4.69, 9.17) is 0 Å². The highest BCUT2D eigenvalue weighted by atomic mass is 19.4. The van der Waals surface area contributed by atoms with E-state index in [9.17, 15) is 13.2 Å². The van der Waals surface area contributed by atoms with Crippen molar-refractivity contribution in [3.05, 3.63) is 18.0 Å². The SMILES string of the molecule is CN1CCN(CCNc2nccc(C(F)(F)F)n2)CC1. The van der Waals surface area contributed by atoms with Gasteiger partial charge in [0.1, 0.15) is 5.69 Å². The molecule has 2 rings (SSSR count). The first kappa shape index (κ1) is 15.0. The summed E-state index contributed by atoms with van der Waals surface area (Å²) in [6, 6.07) is 0.867. The fraction of sp³-hybridized carbons (Fsp3) is 0.667. The lowest BCUT2D eigenvalue weighted by molar-refractivity contribution is -0.141. The monoisotopic (exact) mass is 289 g/mol. The molecule has 1 aromatic heterocycles. The Morgan fingerprint density at radius 2 is 1.95 bits per heavy atom. The zero-order chi connectivity index (χ0) is 14.6. The predicted octanol–water partition coefficient (Wildman–Crippen LogP) is 1.15. The summed E-state index contributed by atoms with van der Waals surface area (Å²) in [6.45, 7) is 5.28. The van der Waals surface area contributed by atoms with Gasteiger partial charge in [-0.1, -0.05) is 0 Å². The third-order valence-electron chi connectivity index (χ3n) is 3.25. The fourth-order valence-corrected chi connectivity index (χ4v) is 2.00. The molecule has 5 nitrogen and oxygen atoms in total. The maximum absolute atomic E-state index is 12.5. The first-order valence-corrected chi connectivity index (χ1v) is 6.50. The number of hydrogen-bond acceptors (Lipinski definition) is 5. The van der Waals surface area contributed by atoms with Crippen LogP contribution in [0.4, 0.5) is 19.1 Å². The van der Waals surface area contributed by atoms with Gasteiger partial charge in [-0.25, -0.2) is 9.97 Å². The standard InChI is InChI=1S/C12H18F3N5/c1-19-6-8-20(9-7-19)5-4-17-11-16-3-2-10(18-11)12(13,14)15/h2-3H,4-9H2,1H3,(H,16,17,18). The number of halogens is 3. The smallest absolute Gasteiger partial charge is 0.353 e. The summed E-state index contributed by atoms with van der Waals surface area (Å²) in [7, 11) is 2.08. The number of alkyl halides is 3. The van der Waals surface area contributed by atoms with E-state index < -0.39 is 11.9 Å². The van der Waals surface area contributed by atoms with Crippen LogP contribution in [0, 0.1) is 0 Å². The summed E-state index contributed by atoms with van der Waals surface area (Å²) in [5.41, 5.74) is -0.922. The highest BCUT2D eigenvalue weighted by Crippen LogP contribution is 2.27. The molecule has 0 aromatic carbocycles. The second-order valence-corrected chi connectivity index (χ2v) is 4.83. The van der Waals surface area contributed by atoms with Crippen LogP contribution in [0.15, 0.2) is 12.3 Å². The number of nitrogens with one attached hydrogen (secondary N) is 1. The molecule has 1 aliphatic heterocycles. The van der Waals surface area contributed by atoms with Crippen molar-refractivity contribution in [2.75, 3.05) is 51.6 Å². The van der Waals surface area contributed by atoms with Crippen LogP contribution < -0.4 is 5.32 Å².